The van der Waals surface area contributed by atoms with Crippen LogP contribution >= 0.6 is 0 Å². The summed E-state index contributed by atoms with van der Waals surface area (Å²) < 4.78 is 13.3. The molecule has 0 amide bonds. The van der Waals surface area contributed by atoms with E-state index in [0.29, 0.717) is 23.7 Å². The lowest BCUT2D eigenvalue weighted by Crippen LogP contribution is -2.35. The van der Waals surface area contributed by atoms with Crippen LogP contribution in [-0.2, 0) is 0 Å². The van der Waals surface area contributed by atoms with Gasteiger partial charge in [-0.05, 0) is 72.3 Å². The van der Waals surface area contributed by atoms with Gasteiger partial charge in [-0.25, -0.2) is 4.39 Å². The lowest BCUT2D eigenvalue weighted by molar-refractivity contribution is -0.384. The highest BCUT2D eigenvalue weighted by atomic mass is 19.1. The number of non-ortho nitro benzene ring substituents is 1. The highest BCUT2D eigenvalue weighted by Crippen LogP contribution is 2.63. The highest BCUT2D eigenvalue weighted by Gasteiger charge is 2.54. The Morgan fingerprint density at radius 1 is 1.08 bits per heavy atom. The zero-order valence-electron chi connectivity index (χ0n) is 13.7. The van der Waals surface area contributed by atoms with E-state index in [0.717, 1.165) is 16.8 Å². The van der Waals surface area contributed by atoms with E-state index in [4.69, 9.17) is 0 Å². The van der Waals surface area contributed by atoms with Crippen LogP contribution in [0.15, 0.2) is 42.5 Å². The molecule has 0 saturated heterocycles. The Morgan fingerprint density at radius 2 is 1.84 bits per heavy atom. The number of nitrogens with one attached hydrogen (secondary N) is 1. The van der Waals surface area contributed by atoms with Crippen LogP contribution < -0.4 is 5.32 Å². The van der Waals surface area contributed by atoms with Crippen LogP contribution in [0, 0.1) is 33.7 Å². The van der Waals surface area contributed by atoms with Gasteiger partial charge in [-0.3, -0.25) is 10.1 Å². The summed E-state index contributed by atoms with van der Waals surface area (Å²) in [4.78, 5) is 10.9. The second-order valence-corrected chi connectivity index (χ2v) is 7.64. The summed E-state index contributed by atoms with van der Waals surface area (Å²) in [6, 6.07) is 12.1. The minimum absolute atomic E-state index is 0.148. The van der Waals surface area contributed by atoms with Crippen molar-refractivity contribution in [3.63, 3.8) is 0 Å². The Balaban J connectivity index is 1.62. The van der Waals surface area contributed by atoms with Crippen molar-refractivity contribution >= 4 is 11.4 Å². The summed E-state index contributed by atoms with van der Waals surface area (Å²) in [6.45, 7) is 0. The fourth-order valence-electron chi connectivity index (χ4n) is 5.59. The molecule has 25 heavy (non-hydrogen) atoms. The molecule has 2 aromatic carbocycles. The van der Waals surface area contributed by atoms with E-state index in [2.05, 4.69) is 5.32 Å². The van der Waals surface area contributed by atoms with Crippen LogP contribution in [-0.4, -0.2) is 4.92 Å². The molecular weight excluding hydrogens is 319 g/mol. The number of hydrogen-bond donors (Lipinski definition) is 1. The van der Waals surface area contributed by atoms with Crippen molar-refractivity contribution in [2.75, 3.05) is 5.32 Å². The summed E-state index contributed by atoms with van der Waals surface area (Å²) in [7, 11) is 0. The maximum atomic E-state index is 13.3. The minimum Gasteiger partial charge on any atom is -0.378 e. The predicted molar refractivity (Wildman–Crippen MR) is 92.9 cm³/mol. The summed E-state index contributed by atoms with van der Waals surface area (Å²) in [6.07, 6.45) is 3.65. The normalized spacial score (nSPS) is 32.0. The first-order chi connectivity index (χ1) is 12.1. The number of hydrogen-bond acceptors (Lipinski definition) is 3. The van der Waals surface area contributed by atoms with E-state index in [1.165, 1.54) is 31.4 Å². The molecule has 1 heterocycles. The van der Waals surface area contributed by atoms with Gasteiger partial charge in [0.25, 0.3) is 5.69 Å². The molecule has 0 spiro atoms. The predicted octanol–water partition coefficient (Wildman–Crippen LogP) is 5.03. The van der Waals surface area contributed by atoms with E-state index in [-0.39, 0.29) is 22.5 Å². The molecule has 2 aliphatic carbocycles. The Kier molecular flexibility index (Phi) is 3.14. The molecule has 0 unspecified atom stereocenters. The summed E-state index contributed by atoms with van der Waals surface area (Å²) >= 11 is 0. The first-order valence-corrected chi connectivity index (χ1v) is 8.92. The van der Waals surface area contributed by atoms with Gasteiger partial charge in [0.1, 0.15) is 5.82 Å². The number of nitro benzene ring substituents is 1. The molecule has 5 atom stereocenters. The van der Waals surface area contributed by atoms with Gasteiger partial charge < -0.3 is 5.32 Å². The van der Waals surface area contributed by atoms with Gasteiger partial charge in [0, 0.05) is 17.8 Å². The van der Waals surface area contributed by atoms with Crippen LogP contribution in [0.4, 0.5) is 15.8 Å². The van der Waals surface area contributed by atoms with E-state index in [1.807, 2.05) is 18.2 Å². The van der Waals surface area contributed by atoms with Crippen molar-refractivity contribution in [1.82, 2.24) is 0 Å². The van der Waals surface area contributed by atoms with E-state index >= 15 is 0 Å². The molecule has 5 rings (SSSR count). The molecule has 5 heteroatoms. The van der Waals surface area contributed by atoms with Crippen molar-refractivity contribution in [3.05, 3.63) is 69.5 Å². The summed E-state index contributed by atoms with van der Waals surface area (Å²) in [5.74, 6) is 1.83. The monoisotopic (exact) mass is 338 g/mol. The minimum atomic E-state index is -0.311. The van der Waals surface area contributed by atoms with E-state index < -0.39 is 0 Å². The molecule has 1 aliphatic heterocycles. The lowest BCUT2D eigenvalue weighted by atomic mass is 9.68. The molecule has 3 aliphatic rings. The molecule has 2 bridgehead atoms. The molecule has 2 aromatic rings. The number of halogens is 1. The highest BCUT2D eigenvalue weighted by molar-refractivity contribution is 5.62. The summed E-state index contributed by atoms with van der Waals surface area (Å²) in [5, 5.41) is 14.8. The number of rotatable bonds is 2. The zero-order chi connectivity index (χ0) is 17.1. The average Bonchev–Trinajstić information content (AvgIpc) is 3.23. The molecular formula is C20H19FN2O2. The van der Waals surface area contributed by atoms with Gasteiger partial charge in [0.2, 0.25) is 0 Å². The molecule has 0 radical (unpaired) electrons. The molecule has 1 N–H and O–H groups in total. The number of benzene rings is 2. The number of nitro groups is 1. The fraction of sp³-hybridized carbons (Fsp3) is 0.400. The standard InChI is InChI=1S/C20H19FN2O2/c21-14-5-3-11(4-6-14)20-19-13-2-1-12(9-13)18(19)16-10-15(23(24)25)7-8-17(16)22-20/h3-8,10,12-13,18-20,22H,1-2,9H2/t12-,13-,18-,19+,20+/m0/s1. The van der Waals surface area contributed by atoms with Crippen LogP contribution in [0.3, 0.4) is 0 Å². The van der Waals surface area contributed by atoms with Crippen LogP contribution in [0.25, 0.3) is 0 Å². The van der Waals surface area contributed by atoms with Crippen LogP contribution in [0.2, 0.25) is 0 Å². The second kappa shape index (κ2) is 5.28. The first kappa shape index (κ1) is 14.9. The zero-order valence-corrected chi connectivity index (χ0v) is 13.7. The maximum Gasteiger partial charge on any atom is 0.269 e. The molecule has 2 saturated carbocycles. The Labute approximate surface area is 145 Å². The third kappa shape index (κ3) is 2.18. The smallest absolute Gasteiger partial charge is 0.269 e. The fourth-order valence-corrected chi connectivity index (χ4v) is 5.59. The SMILES string of the molecule is O=[N+]([O-])c1ccc2c(c1)[C@@H]1[C@H]3CC[C@@H](C3)[C@H]1[C@@H](c1ccc(F)cc1)N2. The van der Waals surface area contributed by atoms with Gasteiger partial charge in [0.15, 0.2) is 0 Å². The molecule has 0 aromatic heterocycles. The van der Waals surface area contributed by atoms with Gasteiger partial charge in [0.05, 0.1) is 11.0 Å². The quantitative estimate of drug-likeness (QED) is 0.617. The average molecular weight is 338 g/mol. The first-order valence-electron chi connectivity index (χ1n) is 8.92. The van der Waals surface area contributed by atoms with Crippen molar-refractivity contribution in [2.45, 2.75) is 31.2 Å². The van der Waals surface area contributed by atoms with Crippen molar-refractivity contribution in [3.8, 4) is 0 Å². The van der Waals surface area contributed by atoms with Crippen LogP contribution in [0.5, 0.6) is 0 Å². The van der Waals surface area contributed by atoms with Gasteiger partial charge in [-0.15, -0.1) is 0 Å². The molecule has 4 nitrogen and oxygen atoms in total. The van der Waals surface area contributed by atoms with Crippen LogP contribution in [0.1, 0.15) is 42.3 Å². The second-order valence-electron chi connectivity index (χ2n) is 7.64. The van der Waals surface area contributed by atoms with Crippen molar-refractivity contribution in [1.29, 1.82) is 0 Å². The van der Waals surface area contributed by atoms with Gasteiger partial charge in [-0.1, -0.05) is 12.1 Å². The number of anilines is 1. The Bertz CT molecular complexity index is 851. The summed E-state index contributed by atoms with van der Waals surface area (Å²) in [5.41, 5.74) is 3.37. The topological polar surface area (TPSA) is 55.2 Å². The molecule has 128 valence electrons. The third-order valence-corrected chi connectivity index (χ3v) is 6.51. The lowest BCUT2D eigenvalue weighted by Gasteiger charge is -2.43. The molecule has 2 fully saturated rings. The van der Waals surface area contributed by atoms with E-state index in [1.54, 1.807) is 12.1 Å². The maximum absolute atomic E-state index is 13.3. The van der Waals surface area contributed by atoms with Crippen molar-refractivity contribution in [2.24, 2.45) is 17.8 Å². The number of nitrogens with zero attached hydrogens (tertiary/aromatic N) is 1. The largest absolute Gasteiger partial charge is 0.378 e. The third-order valence-electron chi connectivity index (χ3n) is 6.51. The van der Waals surface area contributed by atoms with Crippen molar-refractivity contribution < 1.29 is 9.31 Å². The van der Waals surface area contributed by atoms with E-state index in [9.17, 15) is 14.5 Å². The Morgan fingerprint density at radius 3 is 2.60 bits per heavy atom. The van der Waals surface area contributed by atoms with Gasteiger partial charge >= 0.3 is 0 Å². The Hall–Kier alpha value is -2.43. The van der Waals surface area contributed by atoms with Gasteiger partial charge in [-0.2, -0.15) is 0 Å². The number of fused-ring (bicyclic) bond motifs is 7.